The molecule has 20 heavy (non-hydrogen) atoms. The van der Waals surface area contributed by atoms with E-state index in [1.807, 2.05) is 23.6 Å². The van der Waals surface area contributed by atoms with E-state index in [1.165, 1.54) is 0 Å². The first-order valence-electron chi connectivity index (χ1n) is 6.02. The molecule has 0 saturated heterocycles. The lowest BCUT2D eigenvalue weighted by Crippen LogP contribution is -1.90. The van der Waals surface area contributed by atoms with E-state index in [0.717, 1.165) is 22.2 Å². The molecule has 0 spiro atoms. The van der Waals surface area contributed by atoms with Crippen LogP contribution in [0.3, 0.4) is 0 Å². The molecule has 1 N–H and O–H groups in total. The smallest absolute Gasteiger partial charge is 0.258 e. The van der Waals surface area contributed by atoms with Crippen LogP contribution in [-0.2, 0) is 6.42 Å². The van der Waals surface area contributed by atoms with Crippen LogP contribution in [0, 0.1) is 0 Å². The maximum Gasteiger partial charge on any atom is 0.258 e. The highest BCUT2D eigenvalue weighted by atomic mass is 32.1. The van der Waals surface area contributed by atoms with E-state index < -0.39 is 0 Å². The van der Waals surface area contributed by atoms with Gasteiger partial charge in [-0.15, -0.1) is 11.3 Å². The third-order valence-electron chi connectivity index (χ3n) is 3.01. The number of rotatable bonds is 3. The summed E-state index contributed by atoms with van der Waals surface area (Å²) in [6, 6.07) is 5.83. The Morgan fingerprint density at radius 3 is 3.20 bits per heavy atom. The van der Waals surface area contributed by atoms with E-state index in [-0.39, 0.29) is 0 Å². The number of nitrogens with zero attached hydrogens (tertiary/aromatic N) is 4. The molecule has 0 bridgehead atoms. The first-order valence-corrected chi connectivity index (χ1v) is 6.96. The second-order valence-electron chi connectivity index (χ2n) is 4.31. The van der Waals surface area contributed by atoms with Gasteiger partial charge in [-0.25, -0.2) is 4.98 Å². The minimum absolute atomic E-state index is 0.502. The molecule has 1 aromatic carbocycles. The topological polar surface area (TPSA) is 80.5 Å². The van der Waals surface area contributed by atoms with Gasteiger partial charge in [0.2, 0.25) is 0 Å². The van der Waals surface area contributed by atoms with Crippen molar-refractivity contribution < 1.29 is 4.52 Å². The van der Waals surface area contributed by atoms with Gasteiger partial charge in [0.05, 0.1) is 34.9 Å². The Bertz CT molecular complexity index is 849. The molecule has 0 aliphatic carbocycles. The molecule has 4 aromatic rings. The highest BCUT2D eigenvalue weighted by molar-refractivity contribution is 7.07. The van der Waals surface area contributed by atoms with Gasteiger partial charge >= 0.3 is 0 Å². The molecule has 0 atom stereocenters. The molecular formula is C13H9N5OS. The maximum atomic E-state index is 5.35. The Morgan fingerprint density at radius 1 is 1.30 bits per heavy atom. The number of benzene rings is 1. The Morgan fingerprint density at radius 2 is 2.30 bits per heavy atom. The molecule has 3 aromatic heterocycles. The number of thiazole rings is 1. The van der Waals surface area contributed by atoms with Crippen molar-refractivity contribution >= 4 is 22.2 Å². The second-order valence-corrected chi connectivity index (χ2v) is 5.03. The number of hydrogen-bond acceptors (Lipinski definition) is 6. The van der Waals surface area contributed by atoms with Crippen LogP contribution in [-0.4, -0.2) is 25.3 Å². The quantitative estimate of drug-likeness (QED) is 0.625. The molecule has 4 rings (SSSR count). The molecule has 0 radical (unpaired) electrons. The van der Waals surface area contributed by atoms with Crippen LogP contribution in [0.5, 0.6) is 0 Å². The van der Waals surface area contributed by atoms with Crippen LogP contribution in [0.4, 0.5) is 0 Å². The molecule has 0 aliphatic heterocycles. The predicted molar refractivity (Wildman–Crippen MR) is 74.3 cm³/mol. The number of nitrogens with one attached hydrogen (secondary N) is 1. The standard InChI is InChI=1S/C13H9N5OS/c1-2-9(10-5-15-17-11(10)3-1)13-16-12(18-19-13)4-8-6-20-7-14-8/h1-3,5-7H,4H2,(H,15,17). The van der Waals surface area contributed by atoms with E-state index in [0.29, 0.717) is 18.1 Å². The van der Waals surface area contributed by atoms with Crippen molar-refractivity contribution in [1.82, 2.24) is 25.3 Å². The van der Waals surface area contributed by atoms with Crippen LogP contribution in [0.25, 0.3) is 22.4 Å². The van der Waals surface area contributed by atoms with Gasteiger partial charge in [-0.3, -0.25) is 5.10 Å². The Kier molecular flexibility index (Phi) is 2.56. The third kappa shape index (κ3) is 1.88. The van der Waals surface area contributed by atoms with E-state index in [4.69, 9.17) is 4.52 Å². The SMILES string of the molecule is c1cc(-c2nc(Cc3cscn3)no2)c2cn[nH]c2c1. The normalized spacial score (nSPS) is 11.2. The molecular weight excluding hydrogens is 274 g/mol. The Hall–Kier alpha value is -2.54. The first-order chi connectivity index (χ1) is 9.90. The second kappa shape index (κ2) is 4.53. The van der Waals surface area contributed by atoms with Gasteiger partial charge in [0.15, 0.2) is 5.82 Å². The van der Waals surface area contributed by atoms with Crippen LogP contribution in [0.1, 0.15) is 11.5 Å². The Labute approximate surface area is 117 Å². The summed E-state index contributed by atoms with van der Waals surface area (Å²) in [4.78, 5) is 8.65. The lowest BCUT2D eigenvalue weighted by Gasteiger charge is -1.95. The van der Waals surface area contributed by atoms with Gasteiger partial charge in [-0.05, 0) is 12.1 Å². The fourth-order valence-electron chi connectivity index (χ4n) is 2.08. The third-order valence-corrected chi connectivity index (χ3v) is 3.64. The molecule has 0 saturated carbocycles. The molecule has 0 aliphatic rings. The summed E-state index contributed by atoms with van der Waals surface area (Å²) >= 11 is 1.56. The minimum Gasteiger partial charge on any atom is -0.334 e. The summed E-state index contributed by atoms with van der Waals surface area (Å²) in [5.41, 5.74) is 4.57. The molecule has 7 heteroatoms. The number of fused-ring (bicyclic) bond motifs is 1. The fraction of sp³-hybridized carbons (Fsp3) is 0.0769. The monoisotopic (exact) mass is 283 g/mol. The van der Waals surface area contributed by atoms with Gasteiger partial charge in [-0.2, -0.15) is 10.1 Å². The van der Waals surface area contributed by atoms with Gasteiger partial charge < -0.3 is 4.52 Å². The molecule has 6 nitrogen and oxygen atoms in total. The van der Waals surface area contributed by atoms with Crippen LogP contribution in [0.2, 0.25) is 0 Å². The first kappa shape index (κ1) is 11.3. The van der Waals surface area contributed by atoms with E-state index in [1.54, 1.807) is 23.0 Å². The summed E-state index contributed by atoms with van der Waals surface area (Å²) in [6.07, 6.45) is 2.34. The number of hydrogen-bond donors (Lipinski definition) is 1. The van der Waals surface area contributed by atoms with Crippen molar-refractivity contribution in [3.8, 4) is 11.5 Å². The fourth-order valence-corrected chi connectivity index (χ4v) is 2.64. The number of aromatic amines is 1. The molecule has 0 unspecified atom stereocenters. The van der Waals surface area contributed by atoms with Gasteiger partial charge in [0, 0.05) is 10.8 Å². The van der Waals surface area contributed by atoms with Gasteiger partial charge in [0.1, 0.15) is 0 Å². The van der Waals surface area contributed by atoms with Gasteiger partial charge in [-0.1, -0.05) is 11.2 Å². The van der Waals surface area contributed by atoms with E-state index in [9.17, 15) is 0 Å². The molecule has 0 fully saturated rings. The van der Waals surface area contributed by atoms with E-state index >= 15 is 0 Å². The molecule has 98 valence electrons. The maximum absolute atomic E-state index is 5.35. The van der Waals surface area contributed by atoms with Crippen molar-refractivity contribution in [1.29, 1.82) is 0 Å². The molecule has 3 heterocycles. The van der Waals surface area contributed by atoms with Crippen molar-refractivity contribution in [2.45, 2.75) is 6.42 Å². The number of H-pyrrole nitrogens is 1. The zero-order valence-electron chi connectivity index (χ0n) is 10.3. The number of aromatic nitrogens is 5. The summed E-state index contributed by atoms with van der Waals surface area (Å²) in [5.74, 6) is 1.13. The van der Waals surface area contributed by atoms with Crippen LogP contribution >= 0.6 is 11.3 Å². The van der Waals surface area contributed by atoms with Crippen molar-refractivity contribution in [2.75, 3.05) is 0 Å². The predicted octanol–water partition coefficient (Wildman–Crippen LogP) is 2.66. The zero-order chi connectivity index (χ0) is 13.4. The summed E-state index contributed by atoms with van der Waals surface area (Å²) in [5, 5.41) is 13.9. The summed E-state index contributed by atoms with van der Waals surface area (Å²) in [7, 11) is 0. The van der Waals surface area contributed by atoms with Crippen molar-refractivity contribution in [3.05, 3.63) is 46.8 Å². The van der Waals surface area contributed by atoms with Gasteiger partial charge in [0.25, 0.3) is 5.89 Å². The lowest BCUT2D eigenvalue weighted by molar-refractivity contribution is 0.424. The largest absolute Gasteiger partial charge is 0.334 e. The summed E-state index contributed by atoms with van der Waals surface area (Å²) in [6.45, 7) is 0. The summed E-state index contributed by atoms with van der Waals surface area (Å²) < 4.78 is 5.35. The zero-order valence-corrected chi connectivity index (χ0v) is 11.1. The van der Waals surface area contributed by atoms with Crippen molar-refractivity contribution in [2.24, 2.45) is 0 Å². The highest BCUT2D eigenvalue weighted by Gasteiger charge is 2.13. The average molecular weight is 283 g/mol. The molecule has 0 amide bonds. The average Bonchev–Trinajstić information content (AvgIpc) is 3.19. The van der Waals surface area contributed by atoms with Crippen molar-refractivity contribution in [3.63, 3.8) is 0 Å². The lowest BCUT2D eigenvalue weighted by atomic mass is 10.1. The van der Waals surface area contributed by atoms with Crippen LogP contribution < -0.4 is 0 Å². The van der Waals surface area contributed by atoms with Crippen LogP contribution in [0.15, 0.2) is 39.8 Å². The highest BCUT2D eigenvalue weighted by Crippen LogP contribution is 2.26. The minimum atomic E-state index is 0.502. The Balaban J connectivity index is 1.72. The van der Waals surface area contributed by atoms with E-state index in [2.05, 4.69) is 25.3 Å².